The number of aromatic nitrogens is 3. The highest BCUT2D eigenvalue weighted by Crippen LogP contribution is 2.31. The van der Waals surface area contributed by atoms with Crippen molar-refractivity contribution in [3.05, 3.63) is 78.1 Å². The molecule has 3 rings (SSSR count). The number of hydrogen-bond acceptors (Lipinski definition) is 3. The number of nitrogens with zero attached hydrogens (tertiary/aromatic N) is 2. The molecular formula is C20H23N3S. The molecule has 1 N–H and O–H groups in total. The van der Waals surface area contributed by atoms with Gasteiger partial charge in [0.05, 0.1) is 6.33 Å². The van der Waals surface area contributed by atoms with Crippen LogP contribution in [0, 0.1) is 0 Å². The van der Waals surface area contributed by atoms with Gasteiger partial charge in [0.15, 0.2) is 0 Å². The third-order valence-corrected chi connectivity index (χ3v) is 5.25. The van der Waals surface area contributed by atoms with Gasteiger partial charge >= 0.3 is 0 Å². The topological polar surface area (TPSA) is 41.6 Å². The van der Waals surface area contributed by atoms with Crippen LogP contribution >= 0.6 is 11.8 Å². The van der Waals surface area contributed by atoms with Crippen molar-refractivity contribution >= 4 is 11.8 Å². The Morgan fingerprint density at radius 2 is 1.71 bits per heavy atom. The number of rotatable bonds is 5. The third kappa shape index (κ3) is 4.06. The van der Waals surface area contributed by atoms with E-state index in [4.69, 9.17) is 0 Å². The molecule has 0 aliphatic carbocycles. The van der Waals surface area contributed by atoms with Gasteiger partial charge in [-0.25, -0.2) is 4.98 Å². The third-order valence-electron chi connectivity index (χ3n) is 4.14. The number of hydrogen-bond donors (Lipinski definition) is 1. The van der Waals surface area contributed by atoms with Crippen LogP contribution in [0.3, 0.4) is 0 Å². The first-order valence-electron chi connectivity index (χ1n) is 8.15. The van der Waals surface area contributed by atoms with Crippen molar-refractivity contribution in [1.82, 2.24) is 15.0 Å². The van der Waals surface area contributed by atoms with E-state index in [9.17, 15) is 0 Å². The quantitative estimate of drug-likeness (QED) is 0.664. The summed E-state index contributed by atoms with van der Waals surface area (Å²) in [6, 6.07) is 13.1. The minimum absolute atomic E-state index is 0.193. The summed E-state index contributed by atoms with van der Waals surface area (Å²) >= 11 is 1.87. The number of benzene rings is 1. The van der Waals surface area contributed by atoms with Crippen LogP contribution < -0.4 is 0 Å². The molecule has 0 amide bonds. The summed E-state index contributed by atoms with van der Waals surface area (Å²) in [6.45, 7) is 6.73. The zero-order chi connectivity index (χ0) is 17.0. The van der Waals surface area contributed by atoms with Crippen LogP contribution in [0.1, 0.15) is 43.5 Å². The van der Waals surface area contributed by atoms with Crippen LogP contribution in [-0.2, 0) is 5.41 Å². The highest BCUT2D eigenvalue weighted by Gasteiger charge is 2.17. The van der Waals surface area contributed by atoms with E-state index in [1.54, 1.807) is 6.33 Å². The molecule has 0 spiro atoms. The maximum atomic E-state index is 4.18. The molecule has 1 aromatic carbocycles. The van der Waals surface area contributed by atoms with Crippen molar-refractivity contribution in [3.8, 4) is 0 Å². The first-order chi connectivity index (χ1) is 11.5. The second-order valence-electron chi connectivity index (χ2n) is 6.93. The van der Waals surface area contributed by atoms with Gasteiger partial charge in [0.1, 0.15) is 0 Å². The molecule has 0 saturated heterocycles. The second-order valence-corrected chi connectivity index (χ2v) is 8.02. The van der Waals surface area contributed by atoms with E-state index >= 15 is 0 Å². The van der Waals surface area contributed by atoms with Crippen LogP contribution in [0.25, 0.3) is 0 Å². The summed E-state index contributed by atoms with van der Waals surface area (Å²) in [5.74, 6) is 1.24. The average molecular weight is 337 g/mol. The Balaban J connectivity index is 1.75. The average Bonchev–Trinajstić information content (AvgIpc) is 3.10. The van der Waals surface area contributed by atoms with Crippen molar-refractivity contribution in [1.29, 1.82) is 0 Å². The number of thioether (sulfide) groups is 1. The van der Waals surface area contributed by atoms with Crippen molar-refractivity contribution in [2.24, 2.45) is 0 Å². The first-order valence-corrected chi connectivity index (χ1v) is 9.14. The van der Waals surface area contributed by atoms with Gasteiger partial charge in [0.25, 0.3) is 0 Å². The Hall–Kier alpha value is -2.07. The molecule has 124 valence electrons. The van der Waals surface area contributed by atoms with Gasteiger partial charge in [-0.1, -0.05) is 32.9 Å². The maximum absolute atomic E-state index is 4.18. The fraction of sp³-hybridized carbons (Fsp3) is 0.300. The molecule has 0 fully saturated rings. The Morgan fingerprint density at radius 1 is 1.00 bits per heavy atom. The molecule has 24 heavy (non-hydrogen) atoms. The molecule has 0 aliphatic heterocycles. The van der Waals surface area contributed by atoms with Crippen molar-refractivity contribution in [3.63, 3.8) is 0 Å². The van der Waals surface area contributed by atoms with Crippen molar-refractivity contribution in [2.45, 2.75) is 37.0 Å². The van der Waals surface area contributed by atoms with Crippen LogP contribution in [-0.4, -0.2) is 20.7 Å². The van der Waals surface area contributed by atoms with Gasteiger partial charge in [-0.2, -0.15) is 0 Å². The molecule has 3 nitrogen and oxygen atoms in total. The molecule has 1 unspecified atom stereocenters. The van der Waals surface area contributed by atoms with Gasteiger partial charge in [0.2, 0.25) is 0 Å². The Morgan fingerprint density at radius 3 is 2.29 bits per heavy atom. The van der Waals surface area contributed by atoms with E-state index in [-0.39, 0.29) is 11.3 Å². The van der Waals surface area contributed by atoms with Gasteiger partial charge in [0, 0.05) is 40.9 Å². The van der Waals surface area contributed by atoms with Gasteiger partial charge in [-0.15, -0.1) is 11.8 Å². The Labute approximate surface area is 148 Å². The SMILES string of the molecule is CC(C)(C)c1ccc(SCC(c2ccncc2)c2cnc[nH]2)cc1. The zero-order valence-electron chi connectivity index (χ0n) is 14.4. The van der Waals surface area contributed by atoms with Gasteiger partial charge < -0.3 is 4.98 Å². The number of nitrogens with one attached hydrogen (secondary N) is 1. The molecule has 3 aromatic rings. The molecular weight excluding hydrogens is 314 g/mol. The van der Waals surface area contributed by atoms with Crippen LogP contribution in [0.4, 0.5) is 0 Å². The zero-order valence-corrected chi connectivity index (χ0v) is 15.2. The Bertz CT molecular complexity index is 744. The lowest BCUT2D eigenvalue weighted by Gasteiger charge is -2.19. The predicted molar refractivity (Wildman–Crippen MR) is 101 cm³/mol. The van der Waals surface area contributed by atoms with Gasteiger partial charge in [-0.05, 0) is 40.8 Å². The van der Waals surface area contributed by atoms with Crippen LogP contribution in [0.5, 0.6) is 0 Å². The van der Waals surface area contributed by atoms with E-state index in [2.05, 4.69) is 72.1 Å². The fourth-order valence-corrected chi connectivity index (χ4v) is 3.71. The molecule has 2 heterocycles. The number of imidazole rings is 1. The number of aromatic amines is 1. The normalized spacial score (nSPS) is 13.0. The predicted octanol–water partition coefficient (Wildman–Crippen LogP) is 5.03. The second kappa shape index (κ2) is 7.22. The molecule has 0 radical (unpaired) electrons. The van der Waals surface area contributed by atoms with E-state index in [0.29, 0.717) is 0 Å². The van der Waals surface area contributed by atoms with Gasteiger partial charge in [-0.3, -0.25) is 4.98 Å². The Kier molecular flexibility index (Phi) is 5.05. The summed E-state index contributed by atoms with van der Waals surface area (Å²) in [5, 5.41) is 0. The van der Waals surface area contributed by atoms with E-state index < -0.39 is 0 Å². The van der Waals surface area contributed by atoms with Crippen molar-refractivity contribution in [2.75, 3.05) is 5.75 Å². The highest BCUT2D eigenvalue weighted by atomic mass is 32.2. The minimum Gasteiger partial charge on any atom is -0.348 e. The largest absolute Gasteiger partial charge is 0.348 e. The van der Waals surface area contributed by atoms with E-state index in [1.807, 2.05) is 30.4 Å². The smallest absolute Gasteiger partial charge is 0.0921 e. The lowest BCUT2D eigenvalue weighted by Crippen LogP contribution is -2.10. The molecule has 2 aromatic heterocycles. The maximum Gasteiger partial charge on any atom is 0.0921 e. The van der Waals surface area contributed by atoms with Crippen molar-refractivity contribution < 1.29 is 0 Å². The molecule has 1 atom stereocenters. The summed E-state index contributed by atoms with van der Waals surface area (Å²) in [5.41, 5.74) is 3.96. The van der Waals surface area contributed by atoms with E-state index in [0.717, 1.165) is 11.4 Å². The highest BCUT2D eigenvalue weighted by molar-refractivity contribution is 7.99. The number of pyridine rings is 1. The summed E-state index contributed by atoms with van der Waals surface area (Å²) in [4.78, 5) is 12.9. The summed E-state index contributed by atoms with van der Waals surface area (Å²) < 4.78 is 0. The lowest BCUT2D eigenvalue weighted by molar-refractivity contribution is 0.590. The van der Waals surface area contributed by atoms with E-state index in [1.165, 1.54) is 16.0 Å². The first kappa shape index (κ1) is 16.8. The van der Waals surface area contributed by atoms with Crippen LogP contribution in [0.2, 0.25) is 0 Å². The molecule has 4 heteroatoms. The lowest BCUT2D eigenvalue weighted by atomic mass is 9.87. The molecule has 0 bridgehead atoms. The molecule has 0 saturated carbocycles. The standard InChI is InChI=1S/C20H23N3S/c1-20(2,3)16-4-6-17(7-5-16)24-13-18(19-12-22-14-23-19)15-8-10-21-11-9-15/h4-12,14,18H,13H2,1-3H3,(H,22,23). The molecule has 0 aliphatic rings. The minimum atomic E-state index is 0.193. The van der Waals surface area contributed by atoms with Crippen LogP contribution in [0.15, 0.2) is 66.2 Å². The summed E-state index contributed by atoms with van der Waals surface area (Å²) in [6.07, 6.45) is 7.35. The fourth-order valence-electron chi connectivity index (χ4n) is 2.65. The number of H-pyrrole nitrogens is 1. The summed E-state index contributed by atoms with van der Waals surface area (Å²) in [7, 11) is 0. The monoisotopic (exact) mass is 337 g/mol.